The average Bonchev–Trinajstić information content (AvgIpc) is 2.77. The molecule has 0 saturated carbocycles. The Kier molecular flexibility index (Phi) is 8.96. The van der Waals surface area contributed by atoms with Crippen molar-refractivity contribution in [2.75, 3.05) is 19.6 Å². The van der Waals surface area contributed by atoms with E-state index in [4.69, 9.17) is 0 Å². The van der Waals surface area contributed by atoms with Crippen molar-refractivity contribution in [3.05, 3.63) is 36.1 Å². The molecule has 0 aromatic carbocycles. The van der Waals surface area contributed by atoms with Gasteiger partial charge in [0.25, 0.3) is 0 Å². The Balaban J connectivity index is 0.00000132. The van der Waals surface area contributed by atoms with Crippen LogP contribution in [0.15, 0.2) is 36.1 Å². The SMILES string of the molecule is Cl.Cl.O=CCCC1CCNCC1C1=CC2C=CNCCC2C=C1. The van der Waals surface area contributed by atoms with Crippen LogP contribution in [0, 0.1) is 23.7 Å². The zero-order chi connectivity index (χ0) is 14.5. The predicted molar refractivity (Wildman–Crippen MR) is 100 cm³/mol. The van der Waals surface area contributed by atoms with Crippen molar-refractivity contribution in [3.8, 4) is 0 Å². The fourth-order valence-electron chi connectivity index (χ4n) is 3.94. The molecule has 1 fully saturated rings. The number of carbonyl (C=O) groups is 1. The smallest absolute Gasteiger partial charge is 0.120 e. The van der Waals surface area contributed by atoms with Gasteiger partial charge in [0.15, 0.2) is 0 Å². The summed E-state index contributed by atoms with van der Waals surface area (Å²) in [6.45, 7) is 3.21. The van der Waals surface area contributed by atoms with E-state index in [1.165, 1.54) is 18.4 Å². The standard InChI is InChI=1S/C18H26N2O.2ClH/c21-11-1-2-15-6-10-20-13-18(15)17-4-3-14-5-8-19-9-7-16(14)12-17;;/h3-4,7,9,11-12,14-16,18-20H,1-2,5-6,8,10,13H2;2*1H. The van der Waals surface area contributed by atoms with Crippen LogP contribution in [0.5, 0.6) is 0 Å². The lowest BCUT2D eigenvalue weighted by Gasteiger charge is -2.35. The van der Waals surface area contributed by atoms with E-state index in [9.17, 15) is 4.79 Å². The first-order valence-corrected chi connectivity index (χ1v) is 8.33. The van der Waals surface area contributed by atoms with Crippen LogP contribution >= 0.6 is 24.8 Å². The molecular formula is C18H28Cl2N2O. The molecule has 0 aromatic heterocycles. The van der Waals surface area contributed by atoms with Crippen LogP contribution in [-0.4, -0.2) is 25.9 Å². The van der Waals surface area contributed by atoms with Gasteiger partial charge in [0.1, 0.15) is 6.29 Å². The Labute approximate surface area is 151 Å². The summed E-state index contributed by atoms with van der Waals surface area (Å²) in [6.07, 6.45) is 16.8. The van der Waals surface area contributed by atoms with Gasteiger partial charge in [-0.05, 0) is 55.3 Å². The maximum absolute atomic E-state index is 10.7. The number of rotatable bonds is 4. The molecule has 2 N–H and O–H groups in total. The Hall–Kier alpha value is -0.770. The molecule has 23 heavy (non-hydrogen) atoms. The first-order valence-electron chi connectivity index (χ1n) is 8.33. The molecule has 3 aliphatic rings. The number of fused-ring (bicyclic) bond motifs is 1. The lowest BCUT2D eigenvalue weighted by Crippen LogP contribution is -2.38. The molecule has 0 amide bonds. The fraction of sp³-hybridized carbons (Fsp3) is 0.611. The van der Waals surface area contributed by atoms with Crippen LogP contribution in [0.25, 0.3) is 0 Å². The second-order valence-corrected chi connectivity index (χ2v) is 6.47. The summed E-state index contributed by atoms with van der Waals surface area (Å²) in [5, 5.41) is 6.87. The van der Waals surface area contributed by atoms with Crippen molar-refractivity contribution in [1.29, 1.82) is 0 Å². The van der Waals surface area contributed by atoms with E-state index in [0.717, 1.165) is 32.3 Å². The Morgan fingerprint density at radius 2 is 2.04 bits per heavy atom. The molecule has 5 heteroatoms. The molecule has 0 aromatic rings. The molecule has 1 saturated heterocycles. The Bertz CT molecular complexity index is 462. The summed E-state index contributed by atoms with van der Waals surface area (Å²) in [4.78, 5) is 10.7. The summed E-state index contributed by atoms with van der Waals surface area (Å²) >= 11 is 0. The lowest BCUT2D eigenvalue weighted by atomic mass is 9.74. The van der Waals surface area contributed by atoms with Gasteiger partial charge in [-0.15, -0.1) is 24.8 Å². The highest BCUT2D eigenvalue weighted by Gasteiger charge is 2.29. The number of hydrogen-bond acceptors (Lipinski definition) is 3. The van der Waals surface area contributed by atoms with Gasteiger partial charge in [-0.25, -0.2) is 0 Å². The van der Waals surface area contributed by atoms with Crippen molar-refractivity contribution in [2.45, 2.75) is 25.7 Å². The number of carbonyl (C=O) groups excluding carboxylic acids is 1. The predicted octanol–water partition coefficient (Wildman–Crippen LogP) is 3.27. The molecule has 2 aliphatic heterocycles. The first kappa shape index (κ1) is 20.3. The minimum Gasteiger partial charge on any atom is -0.391 e. The third-order valence-electron chi connectivity index (χ3n) is 5.18. The summed E-state index contributed by atoms with van der Waals surface area (Å²) in [5.74, 6) is 2.40. The van der Waals surface area contributed by atoms with Crippen LogP contribution in [0.1, 0.15) is 25.7 Å². The number of nitrogens with one attached hydrogen (secondary N) is 2. The van der Waals surface area contributed by atoms with E-state index in [1.807, 2.05) is 0 Å². The van der Waals surface area contributed by atoms with Crippen LogP contribution in [-0.2, 0) is 4.79 Å². The van der Waals surface area contributed by atoms with Crippen molar-refractivity contribution < 1.29 is 4.79 Å². The zero-order valence-corrected chi connectivity index (χ0v) is 15.1. The summed E-state index contributed by atoms with van der Waals surface area (Å²) < 4.78 is 0. The van der Waals surface area contributed by atoms with Crippen LogP contribution < -0.4 is 10.6 Å². The molecule has 0 bridgehead atoms. The normalized spacial score (nSPS) is 32.3. The topological polar surface area (TPSA) is 41.1 Å². The molecule has 3 rings (SSSR count). The van der Waals surface area contributed by atoms with Gasteiger partial charge in [-0.2, -0.15) is 0 Å². The zero-order valence-electron chi connectivity index (χ0n) is 13.4. The molecule has 3 nitrogen and oxygen atoms in total. The number of aldehydes is 1. The first-order chi connectivity index (χ1) is 10.4. The second kappa shape index (κ2) is 10.2. The van der Waals surface area contributed by atoms with Crippen LogP contribution in [0.2, 0.25) is 0 Å². The Morgan fingerprint density at radius 3 is 2.87 bits per heavy atom. The minimum absolute atomic E-state index is 0. The number of hydrogen-bond donors (Lipinski definition) is 2. The van der Waals surface area contributed by atoms with Crippen molar-refractivity contribution >= 4 is 31.1 Å². The molecule has 4 atom stereocenters. The number of allylic oxidation sites excluding steroid dienone is 4. The molecule has 0 radical (unpaired) electrons. The fourth-order valence-corrected chi connectivity index (χ4v) is 3.94. The molecule has 130 valence electrons. The molecule has 4 unspecified atom stereocenters. The molecule has 0 spiro atoms. The van der Waals surface area contributed by atoms with Crippen LogP contribution in [0.3, 0.4) is 0 Å². The second-order valence-electron chi connectivity index (χ2n) is 6.47. The summed E-state index contributed by atoms with van der Waals surface area (Å²) in [7, 11) is 0. The van der Waals surface area contributed by atoms with Crippen molar-refractivity contribution in [1.82, 2.24) is 10.6 Å². The maximum atomic E-state index is 10.7. The van der Waals surface area contributed by atoms with Crippen LogP contribution in [0.4, 0.5) is 0 Å². The highest BCUT2D eigenvalue weighted by molar-refractivity contribution is 5.85. The summed E-state index contributed by atoms with van der Waals surface area (Å²) in [5.41, 5.74) is 1.48. The number of piperidine rings is 1. The number of halogens is 2. The van der Waals surface area contributed by atoms with Gasteiger partial charge in [0, 0.05) is 25.4 Å². The minimum atomic E-state index is 0. The van der Waals surface area contributed by atoms with Gasteiger partial charge in [-0.1, -0.05) is 24.3 Å². The van der Waals surface area contributed by atoms with E-state index >= 15 is 0 Å². The Morgan fingerprint density at radius 1 is 1.17 bits per heavy atom. The average molecular weight is 359 g/mol. The van der Waals surface area contributed by atoms with Crippen molar-refractivity contribution in [2.24, 2.45) is 23.7 Å². The molecule has 1 aliphatic carbocycles. The quantitative estimate of drug-likeness (QED) is 0.757. The largest absolute Gasteiger partial charge is 0.391 e. The lowest BCUT2D eigenvalue weighted by molar-refractivity contribution is -0.108. The molecular weight excluding hydrogens is 331 g/mol. The van der Waals surface area contributed by atoms with Gasteiger partial charge in [-0.3, -0.25) is 0 Å². The van der Waals surface area contributed by atoms with E-state index in [0.29, 0.717) is 30.1 Å². The summed E-state index contributed by atoms with van der Waals surface area (Å²) in [6, 6.07) is 0. The maximum Gasteiger partial charge on any atom is 0.120 e. The van der Waals surface area contributed by atoms with Gasteiger partial charge in [0.2, 0.25) is 0 Å². The monoisotopic (exact) mass is 358 g/mol. The van der Waals surface area contributed by atoms with Gasteiger partial charge in [0.05, 0.1) is 0 Å². The third kappa shape index (κ3) is 5.10. The van der Waals surface area contributed by atoms with E-state index < -0.39 is 0 Å². The highest BCUT2D eigenvalue weighted by Crippen LogP contribution is 2.36. The highest BCUT2D eigenvalue weighted by atomic mass is 35.5. The van der Waals surface area contributed by atoms with E-state index in [1.54, 1.807) is 0 Å². The van der Waals surface area contributed by atoms with E-state index in [-0.39, 0.29) is 24.8 Å². The third-order valence-corrected chi connectivity index (χ3v) is 5.18. The van der Waals surface area contributed by atoms with Crippen molar-refractivity contribution in [3.63, 3.8) is 0 Å². The van der Waals surface area contributed by atoms with E-state index in [2.05, 4.69) is 41.1 Å². The van der Waals surface area contributed by atoms with Gasteiger partial charge < -0.3 is 15.4 Å². The van der Waals surface area contributed by atoms with Gasteiger partial charge >= 0.3 is 0 Å². The molecule has 2 heterocycles.